The van der Waals surface area contributed by atoms with Gasteiger partial charge in [0.05, 0.1) is 17.0 Å². The molecular formula is C26H44N2O3S. The van der Waals surface area contributed by atoms with E-state index < -0.39 is 9.84 Å². The van der Waals surface area contributed by atoms with Crippen molar-refractivity contribution in [2.24, 2.45) is 17.8 Å². The SMILES string of the molecule is C=C(C1CCC1)N1C[C@H](C)N(C(C)=O)C2CCC(C3CCC(S(=O)(=O)CCC)CC3)CC21. The molecule has 0 spiro atoms. The minimum Gasteiger partial charge on any atom is -0.368 e. The first-order valence-corrected chi connectivity index (χ1v) is 14.9. The lowest BCUT2D eigenvalue weighted by Crippen LogP contribution is -2.66. The molecule has 0 radical (unpaired) electrons. The zero-order chi connectivity index (χ0) is 23.0. The molecule has 182 valence electrons. The average Bonchev–Trinajstić information content (AvgIpc) is 2.71. The smallest absolute Gasteiger partial charge is 0.220 e. The molecule has 5 nitrogen and oxygen atoms in total. The van der Waals surface area contributed by atoms with E-state index in [0.717, 1.165) is 51.5 Å². The first-order valence-electron chi connectivity index (χ1n) is 13.2. The number of nitrogens with zero attached hydrogens (tertiary/aromatic N) is 2. The summed E-state index contributed by atoms with van der Waals surface area (Å²) in [6.45, 7) is 11.3. The summed E-state index contributed by atoms with van der Waals surface area (Å²) in [5, 5.41) is -0.117. The molecular weight excluding hydrogens is 420 g/mol. The Morgan fingerprint density at radius 3 is 2.19 bits per heavy atom. The van der Waals surface area contributed by atoms with Gasteiger partial charge in [-0.1, -0.05) is 19.9 Å². The van der Waals surface area contributed by atoms with Crippen LogP contribution in [0.4, 0.5) is 0 Å². The molecule has 1 amide bonds. The molecule has 0 aromatic carbocycles. The molecule has 32 heavy (non-hydrogen) atoms. The highest BCUT2D eigenvalue weighted by molar-refractivity contribution is 7.92. The molecule has 3 saturated carbocycles. The fourth-order valence-electron chi connectivity index (χ4n) is 7.31. The topological polar surface area (TPSA) is 57.7 Å². The lowest BCUT2D eigenvalue weighted by Gasteiger charge is -2.57. The van der Waals surface area contributed by atoms with E-state index >= 15 is 0 Å². The Balaban J connectivity index is 1.45. The van der Waals surface area contributed by atoms with Gasteiger partial charge in [0.2, 0.25) is 5.91 Å². The van der Waals surface area contributed by atoms with Crippen molar-refractivity contribution in [2.75, 3.05) is 12.3 Å². The van der Waals surface area contributed by atoms with Gasteiger partial charge in [-0.15, -0.1) is 0 Å². The van der Waals surface area contributed by atoms with Gasteiger partial charge in [-0.3, -0.25) is 4.79 Å². The van der Waals surface area contributed by atoms with Crippen LogP contribution in [0.1, 0.15) is 91.4 Å². The molecule has 4 aliphatic rings. The highest BCUT2D eigenvalue weighted by Crippen LogP contribution is 2.46. The zero-order valence-corrected chi connectivity index (χ0v) is 21.3. The average molecular weight is 465 g/mol. The fraction of sp³-hybridized carbons (Fsp3) is 0.885. The zero-order valence-electron chi connectivity index (χ0n) is 20.5. The van der Waals surface area contributed by atoms with Crippen molar-refractivity contribution in [3.8, 4) is 0 Å². The third-order valence-electron chi connectivity index (χ3n) is 9.21. The Morgan fingerprint density at radius 2 is 1.62 bits per heavy atom. The van der Waals surface area contributed by atoms with E-state index in [9.17, 15) is 13.2 Å². The molecule has 0 bridgehead atoms. The normalized spacial score (nSPS) is 36.3. The Bertz CT molecular complexity index is 798. The second kappa shape index (κ2) is 9.68. The van der Waals surface area contributed by atoms with Gasteiger partial charge in [-0.05, 0) is 88.9 Å². The van der Waals surface area contributed by atoms with E-state index in [0.29, 0.717) is 35.6 Å². The van der Waals surface area contributed by atoms with Crippen molar-refractivity contribution in [3.63, 3.8) is 0 Å². The summed E-state index contributed by atoms with van der Waals surface area (Å²) in [6.07, 6.45) is 11.7. The molecule has 0 aromatic rings. The first kappa shape index (κ1) is 24.1. The predicted molar refractivity (Wildman–Crippen MR) is 130 cm³/mol. The van der Waals surface area contributed by atoms with E-state index in [4.69, 9.17) is 0 Å². The maximum Gasteiger partial charge on any atom is 0.220 e. The highest BCUT2D eigenvalue weighted by Gasteiger charge is 2.47. The third kappa shape index (κ3) is 4.63. The van der Waals surface area contributed by atoms with Crippen LogP contribution in [0.3, 0.4) is 0 Å². The number of fused-ring (bicyclic) bond motifs is 1. The minimum atomic E-state index is -2.92. The lowest BCUT2D eigenvalue weighted by atomic mass is 9.69. The maximum absolute atomic E-state index is 12.5. The van der Waals surface area contributed by atoms with Gasteiger partial charge in [-0.25, -0.2) is 8.42 Å². The molecule has 0 N–H and O–H groups in total. The van der Waals surface area contributed by atoms with Crippen LogP contribution in [0.5, 0.6) is 0 Å². The number of hydrogen-bond donors (Lipinski definition) is 0. The number of hydrogen-bond acceptors (Lipinski definition) is 4. The van der Waals surface area contributed by atoms with Gasteiger partial charge in [0.15, 0.2) is 9.84 Å². The molecule has 1 aliphatic heterocycles. The number of amides is 1. The van der Waals surface area contributed by atoms with E-state index in [-0.39, 0.29) is 17.2 Å². The number of sulfone groups is 1. The van der Waals surface area contributed by atoms with Crippen molar-refractivity contribution in [1.82, 2.24) is 9.80 Å². The van der Waals surface area contributed by atoms with Crippen molar-refractivity contribution < 1.29 is 13.2 Å². The molecule has 4 fully saturated rings. The Hall–Kier alpha value is -1.04. The quantitative estimate of drug-likeness (QED) is 0.568. The van der Waals surface area contributed by atoms with Gasteiger partial charge in [0.25, 0.3) is 0 Å². The van der Waals surface area contributed by atoms with E-state index in [1.807, 2.05) is 6.92 Å². The lowest BCUT2D eigenvalue weighted by molar-refractivity contribution is -0.142. The van der Waals surface area contributed by atoms with E-state index in [2.05, 4.69) is 23.3 Å². The summed E-state index contributed by atoms with van der Waals surface area (Å²) in [4.78, 5) is 17.3. The van der Waals surface area contributed by atoms with Gasteiger partial charge in [0, 0.05) is 31.2 Å². The standard InChI is InChI=1S/C26H44N2O3S/c1-5-15-32(30,31)24-12-9-22(10-13-24)23-11-14-25-26(16-23)27(19(3)21-7-6-8-21)17-18(2)28(25)20(4)29/h18,21-26H,3,5-17H2,1-2,4H3/t18-,22?,23?,24?,25?,26?/m0/s1. The number of carbonyl (C=O) groups excluding carboxylic acids is 1. The van der Waals surface area contributed by atoms with Crippen molar-refractivity contribution in [2.45, 2.75) is 115 Å². The van der Waals surface area contributed by atoms with Crippen LogP contribution in [0.2, 0.25) is 0 Å². The molecule has 1 heterocycles. The van der Waals surface area contributed by atoms with Crippen LogP contribution in [-0.4, -0.2) is 59.8 Å². The summed E-state index contributed by atoms with van der Waals surface area (Å²) in [7, 11) is -2.92. The van der Waals surface area contributed by atoms with Crippen LogP contribution in [0, 0.1) is 17.8 Å². The molecule has 3 unspecified atom stereocenters. The van der Waals surface area contributed by atoms with Gasteiger partial charge in [-0.2, -0.15) is 0 Å². The van der Waals surface area contributed by atoms with Crippen LogP contribution in [0.15, 0.2) is 12.3 Å². The molecule has 4 atom stereocenters. The number of allylic oxidation sites excluding steroid dienone is 1. The van der Waals surface area contributed by atoms with Crippen LogP contribution >= 0.6 is 0 Å². The fourth-order valence-corrected chi connectivity index (χ4v) is 9.20. The molecule has 4 rings (SSSR count). The van der Waals surface area contributed by atoms with E-state index in [1.54, 1.807) is 6.92 Å². The van der Waals surface area contributed by atoms with Crippen molar-refractivity contribution >= 4 is 15.7 Å². The van der Waals surface area contributed by atoms with Crippen LogP contribution < -0.4 is 0 Å². The van der Waals surface area contributed by atoms with Gasteiger partial charge >= 0.3 is 0 Å². The first-order chi connectivity index (χ1) is 15.2. The van der Waals surface area contributed by atoms with Gasteiger partial charge in [0.1, 0.15) is 0 Å². The second-order valence-electron chi connectivity index (χ2n) is 11.2. The second-order valence-corrected chi connectivity index (χ2v) is 13.6. The van der Waals surface area contributed by atoms with Crippen LogP contribution in [0.25, 0.3) is 0 Å². The predicted octanol–water partition coefficient (Wildman–Crippen LogP) is 4.77. The largest absolute Gasteiger partial charge is 0.368 e. The summed E-state index contributed by atoms with van der Waals surface area (Å²) in [6, 6.07) is 0.912. The molecule has 3 aliphatic carbocycles. The summed E-state index contributed by atoms with van der Waals surface area (Å²) >= 11 is 0. The Kier molecular flexibility index (Phi) is 7.29. The minimum absolute atomic E-state index is 0.117. The maximum atomic E-state index is 12.5. The number of carbonyl (C=O) groups is 1. The molecule has 0 aromatic heterocycles. The molecule has 1 saturated heterocycles. The summed E-state index contributed by atoms with van der Waals surface area (Å²) in [5.41, 5.74) is 1.32. The van der Waals surface area contributed by atoms with Crippen molar-refractivity contribution in [3.05, 3.63) is 12.3 Å². The van der Waals surface area contributed by atoms with E-state index in [1.165, 1.54) is 31.4 Å². The monoisotopic (exact) mass is 464 g/mol. The van der Waals surface area contributed by atoms with Gasteiger partial charge < -0.3 is 9.80 Å². The van der Waals surface area contributed by atoms with Crippen molar-refractivity contribution in [1.29, 1.82) is 0 Å². The Morgan fingerprint density at radius 1 is 0.969 bits per heavy atom. The molecule has 6 heteroatoms. The highest BCUT2D eigenvalue weighted by atomic mass is 32.2. The number of rotatable bonds is 6. The van der Waals surface area contributed by atoms with Crippen LogP contribution in [-0.2, 0) is 14.6 Å². The Labute approximate surface area is 195 Å². The summed E-state index contributed by atoms with van der Waals surface area (Å²) in [5.74, 6) is 2.46. The summed E-state index contributed by atoms with van der Waals surface area (Å²) < 4.78 is 25.1. The number of piperazine rings is 1. The third-order valence-corrected chi connectivity index (χ3v) is 11.7.